The van der Waals surface area contributed by atoms with Crippen molar-refractivity contribution in [1.82, 2.24) is 0 Å². The fourth-order valence-corrected chi connectivity index (χ4v) is 2.48. The number of hydrogen-bond donors (Lipinski definition) is 1. The maximum atomic E-state index is 13.9. The van der Waals surface area contributed by atoms with E-state index in [9.17, 15) is 13.6 Å². The van der Waals surface area contributed by atoms with Crippen molar-refractivity contribution in [2.45, 2.75) is 19.4 Å². The minimum absolute atomic E-state index is 0.0335. The van der Waals surface area contributed by atoms with E-state index >= 15 is 0 Å². The number of benzene rings is 2. The second kappa shape index (κ2) is 4.84. The summed E-state index contributed by atoms with van der Waals surface area (Å²) in [4.78, 5) is 12.3. The number of ketones is 1. The molecular weight excluding hydrogens is 276 g/mol. The zero-order valence-corrected chi connectivity index (χ0v) is 11.3. The largest absolute Gasteiger partial charge is 0.490 e. The molecule has 0 saturated heterocycles. The second-order valence-corrected chi connectivity index (χ2v) is 5.11. The van der Waals surface area contributed by atoms with Gasteiger partial charge in [0.25, 0.3) is 0 Å². The van der Waals surface area contributed by atoms with Crippen LogP contribution in [0.4, 0.5) is 14.5 Å². The Morgan fingerprint density at radius 2 is 2.05 bits per heavy atom. The molecule has 1 aliphatic rings. The Bertz CT molecular complexity index is 743. The third kappa shape index (κ3) is 2.24. The van der Waals surface area contributed by atoms with Gasteiger partial charge in [-0.25, -0.2) is 8.78 Å². The number of hydrogen-bond acceptors (Lipinski definition) is 3. The lowest BCUT2D eigenvalue weighted by Crippen LogP contribution is -2.09. The Morgan fingerprint density at radius 1 is 1.29 bits per heavy atom. The number of carbonyl (C=O) groups is 1. The summed E-state index contributed by atoms with van der Waals surface area (Å²) in [7, 11) is 0. The summed E-state index contributed by atoms with van der Waals surface area (Å²) in [6.07, 6.45) is 0.699. The fourth-order valence-electron chi connectivity index (χ4n) is 2.48. The van der Waals surface area contributed by atoms with E-state index in [-0.39, 0.29) is 17.4 Å². The smallest absolute Gasteiger partial charge is 0.199 e. The number of anilines is 1. The van der Waals surface area contributed by atoms with Crippen LogP contribution in [0.1, 0.15) is 28.4 Å². The molecule has 1 unspecified atom stereocenters. The van der Waals surface area contributed by atoms with Crippen molar-refractivity contribution in [3.05, 3.63) is 58.7 Å². The van der Waals surface area contributed by atoms with E-state index in [1.807, 2.05) is 6.92 Å². The molecule has 2 aromatic carbocycles. The molecule has 3 rings (SSSR count). The van der Waals surface area contributed by atoms with E-state index in [4.69, 9.17) is 10.5 Å². The van der Waals surface area contributed by atoms with Gasteiger partial charge in [-0.1, -0.05) is 0 Å². The van der Waals surface area contributed by atoms with Crippen LogP contribution >= 0.6 is 0 Å². The first kappa shape index (κ1) is 13.5. The highest BCUT2D eigenvalue weighted by molar-refractivity contribution is 6.10. The maximum absolute atomic E-state index is 13.9. The lowest BCUT2D eigenvalue weighted by Gasteiger charge is -2.07. The summed E-state index contributed by atoms with van der Waals surface area (Å²) in [6.45, 7) is 1.92. The molecular formula is C16H13F2NO2. The molecule has 0 saturated carbocycles. The molecule has 0 bridgehead atoms. The van der Waals surface area contributed by atoms with Crippen molar-refractivity contribution < 1.29 is 18.3 Å². The SMILES string of the molecule is CC1Cc2cc(C(=O)c3c(F)ccc(N)c3F)ccc2O1. The van der Waals surface area contributed by atoms with Gasteiger partial charge in [0.1, 0.15) is 17.7 Å². The average molecular weight is 289 g/mol. The summed E-state index contributed by atoms with van der Waals surface area (Å²) >= 11 is 0. The quantitative estimate of drug-likeness (QED) is 0.682. The number of rotatable bonds is 2. The van der Waals surface area contributed by atoms with Crippen molar-refractivity contribution in [3.8, 4) is 5.75 Å². The molecule has 2 N–H and O–H groups in total. The topological polar surface area (TPSA) is 52.3 Å². The summed E-state index contributed by atoms with van der Waals surface area (Å²) < 4.78 is 33.2. The highest BCUT2D eigenvalue weighted by Gasteiger charge is 2.24. The van der Waals surface area contributed by atoms with Gasteiger partial charge in [0, 0.05) is 12.0 Å². The Balaban J connectivity index is 2.05. The molecule has 0 spiro atoms. The maximum Gasteiger partial charge on any atom is 0.199 e. The minimum Gasteiger partial charge on any atom is -0.490 e. The number of nitrogen functional groups attached to an aromatic ring is 1. The normalized spacial score (nSPS) is 16.4. The van der Waals surface area contributed by atoms with Crippen LogP contribution in [0, 0.1) is 11.6 Å². The molecule has 0 amide bonds. The molecule has 108 valence electrons. The number of carbonyl (C=O) groups excluding carboxylic acids is 1. The summed E-state index contributed by atoms with van der Waals surface area (Å²) in [5.41, 5.74) is 5.60. The van der Waals surface area contributed by atoms with Crippen LogP contribution < -0.4 is 10.5 Å². The number of fused-ring (bicyclic) bond motifs is 1. The van der Waals surface area contributed by atoms with E-state index in [1.54, 1.807) is 12.1 Å². The van der Waals surface area contributed by atoms with Crippen LogP contribution in [0.15, 0.2) is 30.3 Å². The Labute approximate surface area is 120 Å². The third-order valence-electron chi connectivity index (χ3n) is 3.51. The van der Waals surface area contributed by atoms with Gasteiger partial charge in [-0.3, -0.25) is 4.79 Å². The Morgan fingerprint density at radius 3 is 2.81 bits per heavy atom. The van der Waals surface area contributed by atoms with Crippen LogP contribution in [0.25, 0.3) is 0 Å². The van der Waals surface area contributed by atoms with Crippen LogP contribution in [-0.4, -0.2) is 11.9 Å². The highest BCUT2D eigenvalue weighted by Crippen LogP contribution is 2.31. The molecule has 5 heteroatoms. The first-order valence-electron chi connectivity index (χ1n) is 6.55. The molecule has 1 aliphatic heterocycles. The third-order valence-corrected chi connectivity index (χ3v) is 3.51. The summed E-state index contributed by atoms with van der Waals surface area (Å²) in [5.74, 6) is -1.96. The first-order valence-corrected chi connectivity index (χ1v) is 6.55. The van der Waals surface area contributed by atoms with E-state index < -0.39 is 23.0 Å². The Hall–Kier alpha value is -2.43. The predicted octanol–water partition coefficient (Wildman–Crippen LogP) is 3.10. The van der Waals surface area contributed by atoms with Gasteiger partial charge >= 0.3 is 0 Å². The number of nitrogens with two attached hydrogens (primary N) is 1. The monoisotopic (exact) mass is 289 g/mol. The van der Waals surface area contributed by atoms with Gasteiger partial charge in [-0.2, -0.15) is 0 Å². The lowest BCUT2D eigenvalue weighted by molar-refractivity contribution is 0.103. The molecule has 21 heavy (non-hydrogen) atoms. The van der Waals surface area contributed by atoms with E-state index in [0.717, 1.165) is 17.7 Å². The van der Waals surface area contributed by atoms with Crippen LogP contribution in [-0.2, 0) is 6.42 Å². The van der Waals surface area contributed by atoms with Gasteiger partial charge in [0.2, 0.25) is 0 Å². The number of halogens is 2. The van der Waals surface area contributed by atoms with E-state index in [2.05, 4.69) is 0 Å². The fraction of sp³-hybridized carbons (Fsp3) is 0.188. The molecule has 0 aliphatic carbocycles. The number of ether oxygens (including phenoxy) is 1. The van der Waals surface area contributed by atoms with Crippen LogP contribution in [0.3, 0.4) is 0 Å². The van der Waals surface area contributed by atoms with Gasteiger partial charge < -0.3 is 10.5 Å². The van der Waals surface area contributed by atoms with Crippen molar-refractivity contribution in [2.75, 3.05) is 5.73 Å². The van der Waals surface area contributed by atoms with Gasteiger partial charge in [0.05, 0.1) is 11.3 Å². The highest BCUT2D eigenvalue weighted by atomic mass is 19.1. The molecule has 3 nitrogen and oxygen atoms in total. The van der Waals surface area contributed by atoms with Crippen molar-refractivity contribution >= 4 is 11.5 Å². The summed E-state index contributed by atoms with van der Waals surface area (Å²) in [5, 5.41) is 0. The van der Waals surface area contributed by atoms with Crippen molar-refractivity contribution in [1.29, 1.82) is 0 Å². The second-order valence-electron chi connectivity index (χ2n) is 5.11. The van der Waals surface area contributed by atoms with Crippen LogP contribution in [0.2, 0.25) is 0 Å². The molecule has 0 fully saturated rings. The average Bonchev–Trinajstić information content (AvgIpc) is 2.82. The molecule has 0 aromatic heterocycles. The summed E-state index contributed by atoms with van der Waals surface area (Å²) in [6, 6.07) is 6.85. The van der Waals surface area contributed by atoms with Gasteiger partial charge in [0.15, 0.2) is 11.6 Å². The van der Waals surface area contributed by atoms with Crippen LogP contribution in [0.5, 0.6) is 5.75 Å². The van der Waals surface area contributed by atoms with Gasteiger partial charge in [-0.05, 0) is 42.8 Å². The standard InChI is InChI=1S/C16H13F2NO2/c1-8-6-10-7-9(2-5-13(10)21-8)16(20)14-11(17)3-4-12(19)15(14)18/h2-5,7-8H,6,19H2,1H3. The van der Waals surface area contributed by atoms with E-state index in [1.165, 1.54) is 6.07 Å². The lowest BCUT2D eigenvalue weighted by atomic mass is 9.98. The van der Waals surface area contributed by atoms with E-state index in [0.29, 0.717) is 12.2 Å². The Kier molecular flexibility index (Phi) is 3.12. The first-order chi connectivity index (χ1) is 9.97. The molecule has 2 aromatic rings. The minimum atomic E-state index is -1.02. The predicted molar refractivity (Wildman–Crippen MR) is 74.4 cm³/mol. The van der Waals surface area contributed by atoms with Crippen molar-refractivity contribution in [2.24, 2.45) is 0 Å². The zero-order chi connectivity index (χ0) is 15.1. The zero-order valence-electron chi connectivity index (χ0n) is 11.3. The molecule has 0 radical (unpaired) electrons. The van der Waals surface area contributed by atoms with Gasteiger partial charge in [-0.15, -0.1) is 0 Å². The van der Waals surface area contributed by atoms with Crippen molar-refractivity contribution in [3.63, 3.8) is 0 Å². The molecule has 1 atom stereocenters. The molecule has 1 heterocycles.